The van der Waals surface area contributed by atoms with E-state index in [9.17, 15) is 0 Å². The van der Waals surface area contributed by atoms with Crippen LogP contribution in [0.15, 0.2) is 11.4 Å². The van der Waals surface area contributed by atoms with Gasteiger partial charge in [-0.1, -0.05) is 25.4 Å². The molecule has 6 nitrogen and oxygen atoms in total. The summed E-state index contributed by atoms with van der Waals surface area (Å²) in [6.45, 7) is 6.50. The highest BCUT2D eigenvalue weighted by Crippen LogP contribution is 2.20. The van der Waals surface area contributed by atoms with E-state index in [0.717, 1.165) is 12.2 Å². The molecule has 0 aliphatic rings. The summed E-state index contributed by atoms with van der Waals surface area (Å²) in [6, 6.07) is 0. The summed E-state index contributed by atoms with van der Waals surface area (Å²) in [7, 11) is 0. The molecule has 2 heterocycles. The zero-order valence-electron chi connectivity index (χ0n) is 11.2. The summed E-state index contributed by atoms with van der Waals surface area (Å²) in [5.74, 6) is 1.43. The second-order valence-electron chi connectivity index (χ2n) is 3.81. The molecule has 0 aliphatic heterocycles. The Bertz CT molecular complexity index is 607. The summed E-state index contributed by atoms with van der Waals surface area (Å²) in [5, 5.41) is 4.80. The summed E-state index contributed by atoms with van der Waals surface area (Å²) >= 11 is 6.02. The van der Waals surface area contributed by atoms with Crippen LogP contribution >= 0.6 is 11.6 Å². The van der Waals surface area contributed by atoms with Gasteiger partial charge < -0.3 is 4.74 Å². The van der Waals surface area contributed by atoms with Crippen LogP contribution in [0.5, 0.6) is 0 Å². The molecule has 7 heteroatoms. The number of imidazole rings is 1. The molecule has 0 amide bonds. The molecule has 0 aromatic carbocycles. The molecule has 0 saturated heterocycles. The lowest BCUT2D eigenvalue weighted by atomic mass is 10.5. The van der Waals surface area contributed by atoms with Gasteiger partial charge in [-0.25, -0.2) is 15.0 Å². The molecule has 0 radical (unpaired) electrons. The van der Waals surface area contributed by atoms with Gasteiger partial charge in [0, 0.05) is 12.8 Å². The quantitative estimate of drug-likeness (QED) is 0.491. The van der Waals surface area contributed by atoms with Gasteiger partial charge in [0.1, 0.15) is 17.7 Å². The minimum absolute atomic E-state index is 0.336. The van der Waals surface area contributed by atoms with Crippen molar-refractivity contribution < 1.29 is 4.74 Å². The number of rotatable bonds is 4. The SMILES string of the molecule is CCOC(CC)=Nn1c(CC)nc2c(Cl)ncnc21. The van der Waals surface area contributed by atoms with Crippen molar-refractivity contribution in [2.75, 3.05) is 6.61 Å². The zero-order chi connectivity index (χ0) is 13.8. The predicted octanol–water partition coefficient (Wildman–Crippen LogP) is 2.65. The lowest BCUT2D eigenvalue weighted by molar-refractivity contribution is 0.315. The van der Waals surface area contributed by atoms with Crippen LogP contribution in [0.3, 0.4) is 0 Å². The first-order chi connectivity index (χ1) is 9.21. The Labute approximate surface area is 116 Å². The summed E-state index contributed by atoms with van der Waals surface area (Å²) < 4.78 is 7.15. The standard InChI is InChI=1S/C12H16ClN5O/c1-4-8-16-10-11(13)14-7-15-12(10)18(8)17-9(5-2)19-6-3/h7H,4-6H2,1-3H3. The van der Waals surface area contributed by atoms with E-state index in [1.807, 2.05) is 20.8 Å². The monoisotopic (exact) mass is 281 g/mol. The first kappa shape index (κ1) is 13.7. The minimum atomic E-state index is 0.336. The number of aryl methyl sites for hydroxylation is 1. The van der Waals surface area contributed by atoms with Crippen LogP contribution in [0.25, 0.3) is 11.2 Å². The Hall–Kier alpha value is -1.69. The topological polar surface area (TPSA) is 65.2 Å². The van der Waals surface area contributed by atoms with E-state index in [1.165, 1.54) is 6.33 Å². The third-order valence-electron chi connectivity index (χ3n) is 2.59. The molecule has 0 bridgehead atoms. The van der Waals surface area contributed by atoms with E-state index >= 15 is 0 Å². The molecule has 2 aromatic rings. The first-order valence-corrected chi connectivity index (χ1v) is 6.67. The Kier molecular flexibility index (Phi) is 4.31. The van der Waals surface area contributed by atoms with Crippen LogP contribution in [0.1, 0.15) is 33.0 Å². The van der Waals surface area contributed by atoms with Crippen molar-refractivity contribution in [3.05, 3.63) is 17.3 Å². The van der Waals surface area contributed by atoms with Crippen molar-refractivity contribution >= 4 is 28.7 Å². The number of hydrogen-bond donors (Lipinski definition) is 0. The highest BCUT2D eigenvalue weighted by Gasteiger charge is 2.14. The van der Waals surface area contributed by atoms with Gasteiger partial charge in [-0.15, -0.1) is 5.10 Å². The van der Waals surface area contributed by atoms with Gasteiger partial charge in [-0.3, -0.25) is 0 Å². The fourth-order valence-corrected chi connectivity index (χ4v) is 1.88. The minimum Gasteiger partial charge on any atom is -0.480 e. The average Bonchev–Trinajstić information content (AvgIpc) is 2.78. The normalized spacial score (nSPS) is 12.1. The van der Waals surface area contributed by atoms with Gasteiger partial charge in [0.15, 0.2) is 10.8 Å². The molecule has 2 aromatic heterocycles. The third-order valence-corrected chi connectivity index (χ3v) is 2.86. The Morgan fingerprint density at radius 2 is 2.16 bits per heavy atom. The van der Waals surface area contributed by atoms with Crippen LogP contribution in [0.4, 0.5) is 0 Å². The van der Waals surface area contributed by atoms with Crippen molar-refractivity contribution in [3.8, 4) is 0 Å². The fourth-order valence-electron chi connectivity index (χ4n) is 1.71. The summed E-state index contributed by atoms with van der Waals surface area (Å²) in [6.07, 6.45) is 2.83. The van der Waals surface area contributed by atoms with E-state index in [4.69, 9.17) is 16.3 Å². The van der Waals surface area contributed by atoms with Gasteiger partial charge in [0.05, 0.1) is 6.61 Å². The van der Waals surface area contributed by atoms with Crippen molar-refractivity contribution in [1.29, 1.82) is 0 Å². The van der Waals surface area contributed by atoms with Crippen LogP contribution in [0.2, 0.25) is 5.15 Å². The van der Waals surface area contributed by atoms with Crippen LogP contribution in [-0.4, -0.2) is 32.1 Å². The number of ether oxygens (including phenoxy) is 1. The van der Waals surface area contributed by atoms with Crippen LogP contribution < -0.4 is 0 Å². The molecule has 0 saturated carbocycles. The lowest BCUT2D eigenvalue weighted by Crippen LogP contribution is -2.08. The Morgan fingerprint density at radius 3 is 2.79 bits per heavy atom. The predicted molar refractivity (Wildman–Crippen MR) is 74.5 cm³/mol. The number of fused-ring (bicyclic) bond motifs is 1. The molecular weight excluding hydrogens is 266 g/mol. The number of hydrogen-bond acceptors (Lipinski definition) is 5. The largest absolute Gasteiger partial charge is 0.480 e. The van der Waals surface area contributed by atoms with Crippen LogP contribution in [0, 0.1) is 0 Å². The smallest absolute Gasteiger partial charge is 0.206 e. The van der Waals surface area contributed by atoms with Crippen molar-refractivity contribution in [1.82, 2.24) is 19.6 Å². The fraction of sp³-hybridized carbons (Fsp3) is 0.500. The molecular formula is C12H16ClN5O. The van der Waals surface area contributed by atoms with E-state index in [1.54, 1.807) is 4.68 Å². The molecule has 0 fully saturated rings. The summed E-state index contributed by atoms with van der Waals surface area (Å²) in [5.41, 5.74) is 1.17. The average molecular weight is 282 g/mol. The third kappa shape index (κ3) is 2.68. The second-order valence-corrected chi connectivity index (χ2v) is 4.17. The summed E-state index contributed by atoms with van der Waals surface area (Å²) in [4.78, 5) is 12.6. The second kappa shape index (κ2) is 5.97. The van der Waals surface area contributed by atoms with Gasteiger partial charge >= 0.3 is 0 Å². The molecule has 0 spiro atoms. The Balaban J connectivity index is 2.60. The highest BCUT2D eigenvalue weighted by atomic mass is 35.5. The molecule has 0 aliphatic carbocycles. The first-order valence-electron chi connectivity index (χ1n) is 6.29. The molecule has 102 valence electrons. The van der Waals surface area contributed by atoms with Crippen molar-refractivity contribution in [2.45, 2.75) is 33.6 Å². The van der Waals surface area contributed by atoms with Gasteiger partial charge in [-0.2, -0.15) is 4.68 Å². The van der Waals surface area contributed by atoms with Gasteiger partial charge in [-0.05, 0) is 6.92 Å². The molecule has 0 unspecified atom stereocenters. The van der Waals surface area contributed by atoms with Crippen molar-refractivity contribution in [2.24, 2.45) is 5.10 Å². The van der Waals surface area contributed by atoms with E-state index in [-0.39, 0.29) is 0 Å². The van der Waals surface area contributed by atoms with Crippen LogP contribution in [-0.2, 0) is 11.2 Å². The maximum Gasteiger partial charge on any atom is 0.206 e. The zero-order valence-corrected chi connectivity index (χ0v) is 12.0. The molecule has 0 atom stereocenters. The molecule has 19 heavy (non-hydrogen) atoms. The highest BCUT2D eigenvalue weighted by molar-refractivity contribution is 6.33. The maximum absolute atomic E-state index is 6.02. The number of aromatic nitrogens is 4. The lowest BCUT2D eigenvalue weighted by Gasteiger charge is -2.06. The van der Waals surface area contributed by atoms with E-state index < -0.39 is 0 Å². The number of nitrogens with zero attached hydrogens (tertiary/aromatic N) is 5. The maximum atomic E-state index is 6.02. The Morgan fingerprint density at radius 1 is 1.37 bits per heavy atom. The van der Waals surface area contributed by atoms with Crippen molar-refractivity contribution in [3.63, 3.8) is 0 Å². The van der Waals surface area contributed by atoms with E-state index in [2.05, 4.69) is 20.1 Å². The number of halogens is 1. The molecule has 0 N–H and O–H groups in total. The molecule has 2 rings (SSSR count). The van der Waals surface area contributed by atoms with E-state index in [0.29, 0.717) is 35.2 Å². The van der Waals surface area contributed by atoms with Gasteiger partial charge in [0.2, 0.25) is 5.90 Å². The van der Waals surface area contributed by atoms with Gasteiger partial charge in [0.25, 0.3) is 0 Å².